The van der Waals surface area contributed by atoms with Gasteiger partial charge >= 0.3 is 0 Å². The third-order valence-corrected chi connectivity index (χ3v) is 3.93. The average molecular weight is 319 g/mol. The van der Waals surface area contributed by atoms with Crippen LogP contribution in [-0.4, -0.2) is 33.9 Å². The van der Waals surface area contributed by atoms with Crippen molar-refractivity contribution in [1.82, 2.24) is 14.9 Å². The molecular formula is C16H15F2N3O2. The van der Waals surface area contributed by atoms with E-state index in [0.29, 0.717) is 31.5 Å². The molecule has 1 aromatic carbocycles. The van der Waals surface area contributed by atoms with Crippen LogP contribution in [0, 0.1) is 17.6 Å². The maximum absolute atomic E-state index is 13.2. The summed E-state index contributed by atoms with van der Waals surface area (Å²) in [6.07, 6.45) is 3.92. The van der Waals surface area contributed by atoms with Crippen LogP contribution < -0.4 is 5.56 Å². The normalized spacial score (nSPS) is 17.5. The lowest BCUT2D eigenvalue weighted by atomic mass is 9.98. The minimum atomic E-state index is -0.606. The predicted molar refractivity (Wildman–Crippen MR) is 78.9 cm³/mol. The molecule has 1 aliphatic heterocycles. The van der Waals surface area contributed by atoms with E-state index in [1.165, 1.54) is 24.5 Å². The van der Waals surface area contributed by atoms with Crippen molar-refractivity contribution < 1.29 is 13.6 Å². The van der Waals surface area contributed by atoms with Crippen molar-refractivity contribution in [2.75, 3.05) is 13.1 Å². The molecule has 1 amide bonds. The van der Waals surface area contributed by atoms with Crippen molar-refractivity contribution in [3.8, 4) is 0 Å². The summed E-state index contributed by atoms with van der Waals surface area (Å²) in [7, 11) is 0. The molecule has 1 N–H and O–H groups in total. The van der Waals surface area contributed by atoms with Crippen LogP contribution in [0.2, 0.25) is 0 Å². The Morgan fingerprint density at radius 3 is 2.74 bits per heavy atom. The van der Waals surface area contributed by atoms with Gasteiger partial charge in [0.05, 0.1) is 0 Å². The lowest BCUT2D eigenvalue weighted by Crippen LogP contribution is -2.34. The van der Waals surface area contributed by atoms with Crippen LogP contribution in [0.25, 0.3) is 0 Å². The Labute approximate surface area is 131 Å². The van der Waals surface area contributed by atoms with E-state index >= 15 is 0 Å². The predicted octanol–water partition coefficient (Wildman–Crippen LogP) is 1.75. The fourth-order valence-corrected chi connectivity index (χ4v) is 2.90. The summed E-state index contributed by atoms with van der Waals surface area (Å²) in [4.78, 5) is 31.7. The van der Waals surface area contributed by atoms with E-state index in [-0.39, 0.29) is 11.6 Å². The quantitative estimate of drug-likeness (QED) is 0.937. The topological polar surface area (TPSA) is 66.1 Å². The van der Waals surface area contributed by atoms with Crippen LogP contribution in [0.1, 0.15) is 22.5 Å². The fraction of sp³-hybridized carbons (Fsp3) is 0.312. The van der Waals surface area contributed by atoms with E-state index in [2.05, 4.69) is 9.97 Å². The number of hydrogen-bond donors (Lipinski definition) is 1. The smallest absolute Gasteiger partial charge is 0.279 e. The summed E-state index contributed by atoms with van der Waals surface area (Å²) < 4.78 is 26.4. The summed E-state index contributed by atoms with van der Waals surface area (Å²) in [6.45, 7) is 0.935. The number of rotatable bonds is 3. The molecule has 1 saturated heterocycles. The zero-order valence-electron chi connectivity index (χ0n) is 12.3. The van der Waals surface area contributed by atoms with Gasteiger partial charge in [-0.05, 0) is 36.5 Å². The summed E-state index contributed by atoms with van der Waals surface area (Å²) in [5, 5.41) is 0. The monoisotopic (exact) mass is 319 g/mol. The van der Waals surface area contributed by atoms with E-state index in [4.69, 9.17) is 0 Å². The fourth-order valence-electron chi connectivity index (χ4n) is 2.90. The molecule has 1 aliphatic rings. The van der Waals surface area contributed by atoms with Gasteiger partial charge in [-0.25, -0.2) is 13.8 Å². The molecule has 0 aliphatic carbocycles. The second-order valence-electron chi connectivity index (χ2n) is 5.65. The number of aromatic amines is 1. The standard InChI is InChI=1S/C16H15F2N3O2/c17-12-6-11(7-13(18)8-12)5-10-1-4-21(9-10)16(23)14-15(22)20-3-2-19-14/h2-3,6-8,10H,1,4-5,9H2,(H,20,22). The number of likely N-dealkylation sites (tertiary alicyclic amines) is 1. The second-order valence-corrected chi connectivity index (χ2v) is 5.65. The lowest BCUT2D eigenvalue weighted by Gasteiger charge is -2.15. The van der Waals surface area contributed by atoms with Gasteiger partial charge in [0.2, 0.25) is 0 Å². The molecule has 120 valence electrons. The SMILES string of the molecule is O=C(c1ncc[nH]c1=O)N1CCC(Cc2cc(F)cc(F)c2)C1. The summed E-state index contributed by atoms with van der Waals surface area (Å²) in [5.41, 5.74) is -0.0874. The van der Waals surface area contributed by atoms with E-state index in [1.807, 2.05) is 0 Å². The van der Waals surface area contributed by atoms with Gasteiger partial charge in [0, 0.05) is 31.5 Å². The van der Waals surface area contributed by atoms with Crippen LogP contribution in [0.15, 0.2) is 35.4 Å². The van der Waals surface area contributed by atoms with Crippen LogP contribution >= 0.6 is 0 Å². The van der Waals surface area contributed by atoms with Crippen molar-refractivity contribution in [2.45, 2.75) is 12.8 Å². The molecule has 0 bridgehead atoms. The van der Waals surface area contributed by atoms with Gasteiger partial charge in [0.15, 0.2) is 5.69 Å². The molecule has 0 spiro atoms. The maximum Gasteiger partial charge on any atom is 0.279 e. The maximum atomic E-state index is 13.2. The molecule has 7 heteroatoms. The number of amides is 1. The number of aromatic nitrogens is 2. The van der Waals surface area contributed by atoms with Gasteiger partial charge < -0.3 is 9.88 Å². The van der Waals surface area contributed by atoms with Crippen LogP contribution in [0.5, 0.6) is 0 Å². The number of carbonyl (C=O) groups is 1. The highest BCUT2D eigenvalue weighted by atomic mass is 19.1. The van der Waals surface area contributed by atoms with Gasteiger partial charge in [-0.1, -0.05) is 0 Å². The lowest BCUT2D eigenvalue weighted by molar-refractivity contribution is 0.0779. The first-order valence-corrected chi connectivity index (χ1v) is 7.31. The summed E-state index contributed by atoms with van der Waals surface area (Å²) >= 11 is 0. The Bertz CT molecular complexity index is 771. The van der Waals surface area contributed by atoms with Gasteiger partial charge in [-0.2, -0.15) is 0 Å². The van der Waals surface area contributed by atoms with E-state index in [0.717, 1.165) is 6.07 Å². The van der Waals surface area contributed by atoms with Crippen molar-refractivity contribution in [2.24, 2.45) is 5.92 Å². The number of hydrogen-bond acceptors (Lipinski definition) is 3. The minimum absolute atomic E-state index is 0.0999. The molecule has 3 rings (SSSR count). The highest BCUT2D eigenvalue weighted by Gasteiger charge is 2.29. The zero-order valence-corrected chi connectivity index (χ0v) is 12.3. The number of nitrogens with zero attached hydrogens (tertiary/aromatic N) is 2. The molecule has 2 heterocycles. The first-order valence-electron chi connectivity index (χ1n) is 7.31. The largest absolute Gasteiger partial charge is 0.337 e. The zero-order chi connectivity index (χ0) is 16.4. The van der Waals surface area contributed by atoms with Crippen molar-refractivity contribution >= 4 is 5.91 Å². The number of carbonyl (C=O) groups excluding carboxylic acids is 1. The number of H-pyrrole nitrogens is 1. The van der Waals surface area contributed by atoms with E-state index < -0.39 is 23.1 Å². The van der Waals surface area contributed by atoms with Gasteiger partial charge in [-0.15, -0.1) is 0 Å². The molecule has 1 fully saturated rings. The minimum Gasteiger partial charge on any atom is -0.337 e. The highest BCUT2D eigenvalue weighted by molar-refractivity contribution is 5.92. The second kappa shape index (κ2) is 6.28. The molecule has 0 radical (unpaired) electrons. The highest BCUT2D eigenvalue weighted by Crippen LogP contribution is 2.22. The van der Waals surface area contributed by atoms with Crippen LogP contribution in [0.3, 0.4) is 0 Å². The van der Waals surface area contributed by atoms with Gasteiger partial charge in [0.1, 0.15) is 11.6 Å². The Balaban J connectivity index is 1.68. The summed E-state index contributed by atoms with van der Waals surface area (Å²) in [5.74, 6) is -1.53. The third-order valence-electron chi connectivity index (χ3n) is 3.93. The molecule has 2 aromatic rings. The molecule has 23 heavy (non-hydrogen) atoms. The van der Waals surface area contributed by atoms with Crippen molar-refractivity contribution in [3.05, 3.63) is 63.8 Å². The van der Waals surface area contributed by atoms with E-state index in [1.54, 1.807) is 4.90 Å². The Morgan fingerprint density at radius 2 is 2.04 bits per heavy atom. The van der Waals surface area contributed by atoms with Crippen LogP contribution in [0.4, 0.5) is 8.78 Å². The van der Waals surface area contributed by atoms with Crippen molar-refractivity contribution in [1.29, 1.82) is 0 Å². The molecule has 5 nitrogen and oxygen atoms in total. The molecule has 1 aromatic heterocycles. The molecular weight excluding hydrogens is 304 g/mol. The molecule has 0 saturated carbocycles. The first-order chi connectivity index (χ1) is 11.0. The van der Waals surface area contributed by atoms with Gasteiger partial charge in [0.25, 0.3) is 11.5 Å². The van der Waals surface area contributed by atoms with Crippen molar-refractivity contribution in [3.63, 3.8) is 0 Å². The number of nitrogens with one attached hydrogen (secondary N) is 1. The Morgan fingerprint density at radius 1 is 1.30 bits per heavy atom. The Hall–Kier alpha value is -2.57. The Kier molecular flexibility index (Phi) is 4.18. The van der Waals surface area contributed by atoms with E-state index in [9.17, 15) is 18.4 Å². The third kappa shape index (κ3) is 3.44. The number of benzene rings is 1. The van der Waals surface area contributed by atoms with Gasteiger partial charge in [-0.3, -0.25) is 9.59 Å². The van der Waals surface area contributed by atoms with Crippen LogP contribution in [-0.2, 0) is 6.42 Å². The summed E-state index contributed by atoms with van der Waals surface area (Å²) in [6, 6.07) is 3.44. The number of halogens is 2. The molecule has 1 unspecified atom stereocenters. The average Bonchev–Trinajstić information content (AvgIpc) is 2.94. The first kappa shape index (κ1) is 15.3. The molecule has 1 atom stereocenters.